The van der Waals surface area contributed by atoms with Gasteiger partial charge < -0.3 is 18.9 Å². The number of esters is 1. The first-order chi connectivity index (χ1) is 21.4. The van der Waals surface area contributed by atoms with E-state index in [-0.39, 0.29) is 18.8 Å². The topological polar surface area (TPSA) is 112 Å². The van der Waals surface area contributed by atoms with E-state index in [2.05, 4.69) is 11.1 Å². The summed E-state index contributed by atoms with van der Waals surface area (Å²) in [6.45, 7) is 6.18. The Bertz CT molecular complexity index is 1950. The largest absolute Gasteiger partial charge is 0.497 e. The highest BCUT2D eigenvalue weighted by atomic mass is 32.1. The van der Waals surface area contributed by atoms with E-state index >= 15 is 0 Å². The fourth-order valence-electron chi connectivity index (χ4n) is 4.96. The predicted octanol–water partition coefficient (Wildman–Crippen LogP) is 4.66. The van der Waals surface area contributed by atoms with E-state index < -0.39 is 12.0 Å². The Morgan fingerprint density at radius 1 is 1.05 bits per heavy atom. The monoisotopic (exact) mass is 609 g/mol. The lowest BCUT2D eigenvalue weighted by Crippen LogP contribution is -2.39. The lowest BCUT2D eigenvalue weighted by Gasteiger charge is -2.24. The Labute approximate surface area is 258 Å². The summed E-state index contributed by atoms with van der Waals surface area (Å²) in [4.78, 5) is 32.2. The third-order valence-corrected chi connectivity index (χ3v) is 8.02. The molecule has 5 rings (SSSR count). The molecule has 1 aliphatic heterocycles. The van der Waals surface area contributed by atoms with Gasteiger partial charge in [-0.05, 0) is 68.3 Å². The van der Waals surface area contributed by atoms with E-state index in [1.165, 1.54) is 11.3 Å². The van der Waals surface area contributed by atoms with Crippen LogP contribution in [0.25, 0.3) is 6.08 Å². The van der Waals surface area contributed by atoms with E-state index in [9.17, 15) is 14.9 Å². The van der Waals surface area contributed by atoms with Crippen LogP contribution in [-0.2, 0) is 16.1 Å². The summed E-state index contributed by atoms with van der Waals surface area (Å²) in [5.74, 6) is 1.18. The quantitative estimate of drug-likeness (QED) is 0.241. The zero-order valence-corrected chi connectivity index (χ0v) is 25.6. The van der Waals surface area contributed by atoms with Gasteiger partial charge in [-0.2, -0.15) is 5.26 Å². The predicted molar refractivity (Wildman–Crippen MR) is 166 cm³/mol. The van der Waals surface area contributed by atoms with Crippen LogP contribution >= 0.6 is 11.3 Å². The Hall–Kier alpha value is -5.14. The molecule has 0 amide bonds. The Kier molecular flexibility index (Phi) is 9.26. The van der Waals surface area contributed by atoms with Gasteiger partial charge in [0.15, 0.2) is 16.3 Å². The van der Waals surface area contributed by atoms with Crippen molar-refractivity contribution in [3.8, 4) is 23.3 Å². The van der Waals surface area contributed by atoms with Crippen LogP contribution in [0.2, 0.25) is 0 Å². The fraction of sp³-hybridized carbons (Fsp3) is 0.235. The van der Waals surface area contributed by atoms with E-state index in [1.807, 2.05) is 49.4 Å². The number of ether oxygens (including phenoxy) is 4. The number of hydrogen-bond donors (Lipinski definition) is 0. The van der Waals surface area contributed by atoms with Gasteiger partial charge >= 0.3 is 5.97 Å². The molecule has 0 spiro atoms. The average molecular weight is 610 g/mol. The van der Waals surface area contributed by atoms with Crippen LogP contribution < -0.4 is 29.1 Å². The Morgan fingerprint density at radius 2 is 1.82 bits per heavy atom. The molecule has 224 valence electrons. The molecule has 0 bridgehead atoms. The second-order valence-corrected chi connectivity index (χ2v) is 10.8. The van der Waals surface area contributed by atoms with Gasteiger partial charge in [0.05, 0.1) is 53.8 Å². The molecule has 10 heteroatoms. The van der Waals surface area contributed by atoms with Crippen molar-refractivity contribution in [3.05, 3.63) is 120 Å². The van der Waals surface area contributed by atoms with Crippen molar-refractivity contribution in [1.82, 2.24) is 4.57 Å². The molecular formula is C34H31N3O6S. The highest BCUT2D eigenvalue weighted by Crippen LogP contribution is 2.32. The normalized spacial score (nSPS) is 14.3. The summed E-state index contributed by atoms with van der Waals surface area (Å²) in [5, 5.41) is 9.40. The molecule has 1 atom stereocenters. The van der Waals surface area contributed by atoms with Gasteiger partial charge in [0, 0.05) is 5.56 Å². The van der Waals surface area contributed by atoms with Crippen molar-refractivity contribution >= 4 is 23.4 Å². The van der Waals surface area contributed by atoms with Crippen LogP contribution in [0, 0.1) is 11.3 Å². The number of thiazole rings is 1. The molecular weight excluding hydrogens is 578 g/mol. The number of hydrogen-bond acceptors (Lipinski definition) is 9. The van der Waals surface area contributed by atoms with Crippen molar-refractivity contribution in [2.45, 2.75) is 33.4 Å². The summed E-state index contributed by atoms with van der Waals surface area (Å²) in [7, 11) is 1.58. The second kappa shape index (κ2) is 13.4. The van der Waals surface area contributed by atoms with E-state index in [0.717, 1.165) is 16.7 Å². The molecule has 1 aromatic heterocycles. The number of fused-ring (bicyclic) bond motifs is 1. The molecule has 1 aliphatic rings. The maximum Gasteiger partial charge on any atom is 0.338 e. The summed E-state index contributed by atoms with van der Waals surface area (Å²) in [6.07, 6.45) is 1.77. The Morgan fingerprint density at radius 3 is 2.52 bits per heavy atom. The number of aromatic nitrogens is 1. The van der Waals surface area contributed by atoms with Gasteiger partial charge in [-0.3, -0.25) is 9.36 Å². The molecule has 0 radical (unpaired) electrons. The zero-order chi connectivity index (χ0) is 31.2. The van der Waals surface area contributed by atoms with Crippen molar-refractivity contribution in [3.63, 3.8) is 0 Å². The maximum absolute atomic E-state index is 14.0. The van der Waals surface area contributed by atoms with Crippen LogP contribution in [0.4, 0.5) is 0 Å². The van der Waals surface area contributed by atoms with Gasteiger partial charge in [0.2, 0.25) is 0 Å². The maximum atomic E-state index is 14.0. The molecule has 0 saturated heterocycles. The van der Waals surface area contributed by atoms with Crippen LogP contribution in [0.3, 0.4) is 0 Å². The Balaban J connectivity index is 1.55. The number of nitriles is 1. The third-order valence-electron chi connectivity index (χ3n) is 7.03. The lowest BCUT2D eigenvalue weighted by molar-refractivity contribution is -0.139. The summed E-state index contributed by atoms with van der Waals surface area (Å²) in [6, 6.07) is 21.4. The molecule has 2 heterocycles. The third kappa shape index (κ3) is 6.14. The zero-order valence-electron chi connectivity index (χ0n) is 24.8. The number of nitrogens with zero attached hydrogens (tertiary/aromatic N) is 3. The van der Waals surface area contributed by atoms with Crippen molar-refractivity contribution in [2.75, 3.05) is 20.3 Å². The molecule has 0 N–H and O–H groups in total. The highest BCUT2D eigenvalue weighted by Gasteiger charge is 2.33. The SMILES string of the molecule is CCOC(=O)C1=C(C)N=c2s/c(=C/c3ccc(OCc4ccccc4C#N)c(OCC)c3)c(=O)n2[C@H]1c1ccc(OC)cc1. The first kappa shape index (κ1) is 30.3. The molecule has 44 heavy (non-hydrogen) atoms. The smallest absolute Gasteiger partial charge is 0.338 e. The van der Waals surface area contributed by atoms with Crippen molar-refractivity contribution in [2.24, 2.45) is 4.99 Å². The minimum atomic E-state index is -0.718. The van der Waals surface area contributed by atoms with Gasteiger partial charge in [0.25, 0.3) is 5.56 Å². The van der Waals surface area contributed by atoms with E-state index in [1.54, 1.807) is 55.9 Å². The van der Waals surface area contributed by atoms with E-state index in [0.29, 0.717) is 50.0 Å². The number of carbonyl (C=O) groups is 1. The number of rotatable bonds is 10. The number of methoxy groups -OCH3 is 1. The van der Waals surface area contributed by atoms with E-state index in [4.69, 9.17) is 18.9 Å². The highest BCUT2D eigenvalue weighted by molar-refractivity contribution is 7.07. The summed E-state index contributed by atoms with van der Waals surface area (Å²) < 4.78 is 24.6. The van der Waals surface area contributed by atoms with Gasteiger partial charge in [-0.25, -0.2) is 9.79 Å². The van der Waals surface area contributed by atoms with Gasteiger partial charge in [-0.1, -0.05) is 47.7 Å². The molecule has 0 fully saturated rings. The molecule has 9 nitrogen and oxygen atoms in total. The number of carbonyl (C=O) groups excluding carboxylic acids is 1. The van der Waals surface area contributed by atoms with Gasteiger partial charge in [-0.15, -0.1) is 0 Å². The van der Waals surface area contributed by atoms with Crippen LogP contribution in [-0.4, -0.2) is 30.9 Å². The van der Waals surface area contributed by atoms with Crippen LogP contribution in [0.1, 0.15) is 49.1 Å². The number of allylic oxidation sites excluding steroid dienone is 1. The average Bonchev–Trinajstić information content (AvgIpc) is 3.34. The van der Waals surface area contributed by atoms with Gasteiger partial charge in [0.1, 0.15) is 12.4 Å². The van der Waals surface area contributed by atoms with Crippen LogP contribution in [0.5, 0.6) is 17.2 Å². The lowest BCUT2D eigenvalue weighted by atomic mass is 9.96. The number of benzene rings is 3. The first-order valence-corrected chi connectivity index (χ1v) is 14.9. The summed E-state index contributed by atoms with van der Waals surface area (Å²) in [5.41, 5.74) is 3.30. The molecule has 0 unspecified atom stereocenters. The minimum absolute atomic E-state index is 0.197. The molecule has 0 aliphatic carbocycles. The minimum Gasteiger partial charge on any atom is -0.497 e. The molecule has 4 aromatic rings. The van der Waals surface area contributed by atoms with Crippen molar-refractivity contribution in [1.29, 1.82) is 5.26 Å². The standard InChI is InChI=1S/C34H31N3O6S/c1-5-41-28-17-22(11-16-27(28)43-20-25-10-8-7-9-24(25)19-35)18-29-32(38)37-31(23-12-14-26(40-4)15-13-23)30(33(39)42-6-2)21(3)36-34(37)44-29/h7-18,31H,5-6,20H2,1-4H3/b29-18+/t31-/m0/s1. The molecule has 3 aromatic carbocycles. The summed E-state index contributed by atoms with van der Waals surface area (Å²) >= 11 is 1.24. The second-order valence-electron chi connectivity index (χ2n) is 9.77. The fourth-order valence-corrected chi connectivity index (χ4v) is 6.00. The first-order valence-electron chi connectivity index (χ1n) is 14.1. The molecule has 0 saturated carbocycles. The van der Waals surface area contributed by atoms with Crippen LogP contribution in [0.15, 0.2) is 87.8 Å². The van der Waals surface area contributed by atoms with Crippen molar-refractivity contribution < 1.29 is 23.7 Å².